The average Bonchev–Trinajstić information content (AvgIpc) is 2.73. The summed E-state index contributed by atoms with van der Waals surface area (Å²) in [6, 6.07) is 6.12. The van der Waals surface area contributed by atoms with Gasteiger partial charge in [0.15, 0.2) is 0 Å². The Morgan fingerprint density at radius 2 is 1.97 bits per heavy atom. The number of hydrogen-bond donors (Lipinski definition) is 3. The Bertz CT molecular complexity index is 830. The third-order valence-corrected chi connectivity index (χ3v) is 5.36. The number of primary amides is 1. The normalized spacial score (nSPS) is 20.6. The molecular weight excluding hydrogens is 376 g/mol. The molecule has 0 radical (unpaired) electrons. The van der Waals surface area contributed by atoms with Gasteiger partial charge in [0.1, 0.15) is 5.75 Å². The number of methoxy groups -OCH3 is 2. The highest BCUT2D eigenvalue weighted by molar-refractivity contribution is 5.95. The Labute approximate surface area is 169 Å². The lowest BCUT2D eigenvalue weighted by Gasteiger charge is -2.34. The maximum atomic E-state index is 12.6. The maximum absolute atomic E-state index is 12.6. The van der Waals surface area contributed by atoms with Gasteiger partial charge in [0.2, 0.25) is 5.91 Å². The lowest BCUT2D eigenvalue weighted by Crippen LogP contribution is -2.49. The van der Waals surface area contributed by atoms with Crippen LogP contribution >= 0.6 is 0 Å². The molecule has 1 fully saturated rings. The second-order valence-corrected chi connectivity index (χ2v) is 7.14. The number of nitrogens with one attached hydrogen (secondary N) is 2. The van der Waals surface area contributed by atoms with E-state index >= 15 is 0 Å². The first kappa shape index (κ1) is 20.7. The highest BCUT2D eigenvalue weighted by atomic mass is 16.5. The molecule has 0 saturated carbocycles. The molecule has 0 aromatic heterocycles. The smallest absolute Gasteiger partial charge is 0.338 e. The van der Waals surface area contributed by atoms with E-state index in [1.807, 2.05) is 6.07 Å². The number of nitrogens with two attached hydrogens (primary N) is 1. The largest absolute Gasteiger partial charge is 0.497 e. The monoisotopic (exact) mass is 402 g/mol. The maximum Gasteiger partial charge on any atom is 0.338 e. The fourth-order valence-electron chi connectivity index (χ4n) is 3.76. The summed E-state index contributed by atoms with van der Waals surface area (Å²) in [4.78, 5) is 38.4. The second kappa shape index (κ2) is 8.95. The summed E-state index contributed by atoms with van der Waals surface area (Å²) in [5.41, 5.74) is 6.95. The molecule has 9 nitrogen and oxygen atoms in total. The minimum Gasteiger partial charge on any atom is -0.497 e. The first-order chi connectivity index (χ1) is 13.9. The first-order valence-electron chi connectivity index (χ1n) is 9.47. The van der Waals surface area contributed by atoms with E-state index in [-0.39, 0.29) is 11.8 Å². The summed E-state index contributed by atoms with van der Waals surface area (Å²) in [5, 5.41) is 5.55. The van der Waals surface area contributed by atoms with Gasteiger partial charge in [0.05, 0.1) is 25.8 Å². The molecule has 0 spiro atoms. The molecular formula is C20H26N4O5. The molecule has 2 aliphatic rings. The molecule has 0 bridgehead atoms. The third-order valence-electron chi connectivity index (χ3n) is 5.36. The van der Waals surface area contributed by atoms with Crippen LogP contribution in [0.3, 0.4) is 0 Å². The van der Waals surface area contributed by atoms with E-state index in [0.717, 1.165) is 0 Å². The Kier molecular flexibility index (Phi) is 6.38. The summed E-state index contributed by atoms with van der Waals surface area (Å²) in [7, 11) is 2.86. The van der Waals surface area contributed by atoms with E-state index in [2.05, 4.69) is 15.5 Å². The standard InChI is InChI=1S/C20H26N4O5/c1-28-14-5-3-4-13(10-14)17-16(19(26)29-2)15(22-20(27)23-17)11-24-8-6-12(7-9-24)18(21)25/h3-5,10,12,17H,6-9,11H2,1-2H3,(H2,21,25)(H2,22,23,27)/t17-/m0/s1. The molecule has 2 aliphatic heterocycles. The number of benzene rings is 1. The minimum absolute atomic E-state index is 0.132. The summed E-state index contributed by atoms with van der Waals surface area (Å²) in [6.07, 6.45) is 1.31. The summed E-state index contributed by atoms with van der Waals surface area (Å²) in [6.45, 7) is 1.67. The van der Waals surface area contributed by atoms with Gasteiger partial charge in [0.25, 0.3) is 0 Å². The highest BCUT2D eigenvalue weighted by Gasteiger charge is 2.35. The number of carbonyl (C=O) groups excluding carboxylic acids is 3. The molecule has 9 heteroatoms. The number of amides is 3. The van der Waals surface area contributed by atoms with Gasteiger partial charge in [-0.05, 0) is 43.6 Å². The van der Waals surface area contributed by atoms with Gasteiger partial charge >= 0.3 is 12.0 Å². The van der Waals surface area contributed by atoms with Gasteiger partial charge in [0, 0.05) is 18.2 Å². The number of likely N-dealkylation sites (tertiary alicyclic amines) is 1. The third kappa shape index (κ3) is 4.68. The summed E-state index contributed by atoms with van der Waals surface area (Å²) >= 11 is 0. The molecule has 29 heavy (non-hydrogen) atoms. The van der Waals surface area contributed by atoms with Crippen molar-refractivity contribution in [3.8, 4) is 5.75 Å². The minimum atomic E-state index is -0.663. The molecule has 1 aromatic carbocycles. The Morgan fingerprint density at radius 1 is 1.24 bits per heavy atom. The van der Waals surface area contributed by atoms with Crippen molar-refractivity contribution in [2.45, 2.75) is 18.9 Å². The Morgan fingerprint density at radius 3 is 2.59 bits per heavy atom. The van der Waals surface area contributed by atoms with Crippen LogP contribution in [0.2, 0.25) is 0 Å². The fraction of sp³-hybridized carbons (Fsp3) is 0.450. The zero-order valence-corrected chi connectivity index (χ0v) is 16.6. The molecule has 0 unspecified atom stereocenters. The zero-order valence-electron chi connectivity index (χ0n) is 16.6. The predicted molar refractivity (Wildman–Crippen MR) is 105 cm³/mol. The quantitative estimate of drug-likeness (QED) is 0.601. The van der Waals surface area contributed by atoms with Gasteiger partial charge in [-0.3, -0.25) is 9.69 Å². The van der Waals surface area contributed by atoms with E-state index in [1.165, 1.54) is 7.11 Å². The zero-order chi connectivity index (χ0) is 21.0. The number of rotatable bonds is 6. The second-order valence-electron chi connectivity index (χ2n) is 7.14. The van der Waals surface area contributed by atoms with Crippen LogP contribution in [0.1, 0.15) is 24.4 Å². The lowest BCUT2D eigenvalue weighted by atomic mass is 9.93. The number of ether oxygens (including phenoxy) is 2. The molecule has 3 rings (SSSR count). The van der Waals surface area contributed by atoms with Crippen LogP contribution in [0.4, 0.5) is 4.79 Å². The van der Waals surface area contributed by atoms with Crippen molar-refractivity contribution < 1.29 is 23.9 Å². The van der Waals surface area contributed by atoms with Gasteiger partial charge in [-0.1, -0.05) is 12.1 Å². The van der Waals surface area contributed by atoms with E-state index in [1.54, 1.807) is 25.3 Å². The number of carbonyl (C=O) groups is 3. The summed E-state index contributed by atoms with van der Waals surface area (Å²) in [5.74, 6) is -0.318. The summed E-state index contributed by atoms with van der Waals surface area (Å²) < 4.78 is 10.3. The Hall–Kier alpha value is -3.07. The van der Waals surface area contributed by atoms with Crippen LogP contribution in [0.5, 0.6) is 5.75 Å². The van der Waals surface area contributed by atoms with Crippen molar-refractivity contribution in [1.82, 2.24) is 15.5 Å². The number of nitrogens with zero attached hydrogens (tertiary/aromatic N) is 1. The van der Waals surface area contributed by atoms with Crippen LogP contribution in [0.15, 0.2) is 35.5 Å². The van der Waals surface area contributed by atoms with Crippen molar-refractivity contribution >= 4 is 17.9 Å². The first-order valence-corrected chi connectivity index (χ1v) is 9.47. The molecule has 3 amide bonds. The highest BCUT2D eigenvalue weighted by Crippen LogP contribution is 2.30. The van der Waals surface area contributed by atoms with Crippen LogP contribution in [0, 0.1) is 5.92 Å². The lowest BCUT2D eigenvalue weighted by molar-refractivity contribution is -0.136. The van der Waals surface area contributed by atoms with E-state index < -0.39 is 18.0 Å². The molecule has 1 aromatic rings. The fourth-order valence-corrected chi connectivity index (χ4v) is 3.76. The van der Waals surface area contributed by atoms with Gasteiger partial charge < -0.3 is 25.8 Å². The van der Waals surface area contributed by atoms with Crippen LogP contribution < -0.4 is 21.1 Å². The number of hydrogen-bond acceptors (Lipinski definition) is 6. The number of urea groups is 1. The molecule has 0 aliphatic carbocycles. The van der Waals surface area contributed by atoms with Gasteiger partial charge in [-0.15, -0.1) is 0 Å². The molecule has 1 atom stereocenters. The molecule has 2 heterocycles. The van der Waals surface area contributed by atoms with Crippen molar-refractivity contribution in [1.29, 1.82) is 0 Å². The van der Waals surface area contributed by atoms with Crippen LogP contribution in [0.25, 0.3) is 0 Å². The van der Waals surface area contributed by atoms with E-state index in [9.17, 15) is 14.4 Å². The van der Waals surface area contributed by atoms with Gasteiger partial charge in [-0.2, -0.15) is 0 Å². The molecule has 1 saturated heterocycles. The Balaban J connectivity index is 1.90. The number of esters is 1. The topological polar surface area (TPSA) is 123 Å². The molecule has 156 valence electrons. The number of piperidine rings is 1. The van der Waals surface area contributed by atoms with Crippen molar-refractivity contribution in [2.75, 3.05) is 33.9 Å². The van der Waals surface area contributed by atoms with Crippen LogP contribution in [-0.4, -0.2) is 56.7 Å². The van der Waals surface area contributed by atoms with E-state index in [0.29, 0.717) is 55.1 Å². The van der Waals surface area contributed by atoms with Crippen LogP contribution in [-0.2, 0) is 14.3 Å². The predicted octanol–water partition coefficient (Wildman–Crippen LogP) is 0.674. The van der Waals surface area contributed by atoms with E-state index in [4.69, 9.17) is 15.2 Å². The molecule has 4 N–H and O–H groups in total. The van der Waals surface area contributed by atoms with Crippen molar-refractivity contribution in [3.63, 3.8) is 0 Å². The SMILES string of the molecule is COC(=O)C1=C(CN2CCC(C(N)=O)CC2)NC(=O)N[C@H]1c1cccc(OC)c1. The van der Waals surface area contributed by atoms with Crippen molar-refractivity contribution in [3.05, 3.63) is 41.1 Å². The average molecular weight is 402 g/mol. The van der Waals surface area contributed by atoms with Crippen molar-refractivity contribution in [2.24, 2.45) is 11.7 Å². The van der Waals surface area contributed by atoms with Gasteiger partial charge in [-0.25, -0.2) is 9.59 Å².